The minimum absolute atomic E-state index is 0.0808. The molecule has 2 aliphatic heterocycles. The molecule has 1 unspecified atom stereocenters. The van der Waals surface area contributed by atoms with Crippen LogP contribution in [0.2, 0.25) is 0 Å². The van der Waals surface area contributed by atoms with Gasteiger partial charge in [0.2, 0.25) is 0 Å². The Balaban J connectivity index is 1.67. The Kier molecular flexibility index (Phi) is 3.92. The number of rotatable bonds is 3. The van der Waals surface area contributed by atoms with Gasteiger partial charge in [-0.15, -0.1) is 0 Å². The third-order valence-electron chi connectivity index (χ3n) is 5.01. The van der Waals surface area contributed by atoms with Crippen LogP contribution in [-0.4, -0.2) is 36.0 Å². The van der Waals surface area contributed by atoms with Crippen molar-refractivity contribution in [3.63, 3.8) is 0 Å². The van der Waals surface area contributed by atoms with Crippen molar-refractivity contribution < 1.29 is 9.59 Å². The lowest BCUT2D eigenvalue weighted by atomic mass is 10.0. The van der Waals surface area contributed by atoms with E-state index in [0.717, 1.165) is 37.3 Å². The number of carbonyl (C=O) groups is 2. The monoisotopic (exact) mass is 335 g/mol. The third-order valence-corrected chi connectivity index (χ3v) is 5.01. The van der Waals surface area contributed by atoms with Crippen molar-refractivity contribution in [1.29, 1.82) is 0 Å². The van der Waals surface area contributed by atoms with Gasteiger partial charge >= 0.3 is 0 Å². The van der Waals surface area contributed by atoms with Crippen molar-refractivity contribution in [2.45, 2.75) is 25.9 Å². The number of nitrogens with zero attached hydrogens (tertiary/aromatic N) is 2. The van der Waals surface area contributed by atoms with Crippen LogP contribution in [0.4, 0.5) is 11.4 Å². The fraction of sp³-hybridized carbons (Fsp3) is 0.300. The molecule has 0 bridgehead atoms. The summed E-state index contributed by atoms with van der Waals surface area (Å²) in [6.45, 7) is 3.72. The lowest BCUT2D eigenvalue weighted by molar-refractivity contribution is 0.0715. The predicted octanol–water partition coefficient (Wildman–Crippen LogP) is 3.34. The second kappa shape index (κ2) is 6.24. The van der Waals surface area contributed by atoms with Crippen molar-refractivity contribution in [1.82, 2.24) is 4.90 Å². The summed E-state index contributed by atoms with van der Waals surface area (Å²) in [7, 11) is 0. The highest BCUT2D eigenvalue weighted by Crippen LogP contribution is 2.36. The quantitative estimate of drug-likeness (QED) is 0.936. The molecule has 2 heterocycles. The molecule has 4 rings (SSSR count). The van der Waals surface area contributed by atoms with Crippen molar-refractivity contribution in [3.05, 3.63) is 59.7 Å². The average Bonchev–Trinajstić information content (AvgIpc) is 3.12. The van der Waals surface area contributed by atoms with Crippen molar-refractivity contribution in [2.75, 3.05) is 23.3 Å². The molecule has 25 heavy (non-hydrogen) atoms. The molecular formula is C20H21N3O2. The van der Waals surface area contributed by atoms with Crippen LogP contribution in [-0.2, 0) is 0 Å². The maximum atomic E-state index is 12.7. The van der Waals surface area contributed by atoms with E-state index < -0.39 is 0 Å². The van der Waals surface area contributed by atoms with Gasteiger partial charge in [0.15, 0.2) is 0 Å². The highest BCUT2D eigenvalue weighted by atomic mass is 16.2. The van der Waals surface area contributed by atoms with Gasteiger partial charge in [0.25, 0.3) is 11.8 Å². The lowest BCUT2D eigenvalue weighted by Crippen LogP contribution is -2.52. The van der Waals surface area contributed by atoms with Crippen molar-refractivity contribution in [2.24, 2.45) is 0 Å². The van der Waals surface area contributed by atoms with Crippen LogP contribution in [0.15, 0.2) is 48.5 Å². The summed E-state index contributed by atoms with van der Waals surface area (Å²) in [6, 6.07) is 14.8. The van der Waals surface area contributed by atoms with Crippen LogP contribution in [0.5, 0.6) is 0 Å². The predicted molar refractivity (Wildman–Crippen MR) is 97.9 cm³/mol. The number of nitrogens with one attached hydrogen (secondary N) is 1. The van der Waals surface area contributed by atoms with Gasteiger partial charge in [0, 0.05) is 24.3 Å². The molecule has 1 fully saturated rings. The van der Waals surface area contributed by atoms with Crippen LogP contribution >= 0.6 is 0 Å². The summed E-state index contributed by atoms with van der Waals surface area (Å²) in [6.07, 6.45) is 2.14. The van der Waals surface area contributed by atoms with Crippen molar-refractivity contribution in [3.8, 4) is 0 Å². The molecule has 128 valence electrons. The van der Waals surface area contributed by atoms with E-state index in [1.807, 2.05) is 41.3 Å². The maximum Gasteiger partial charge on any atom is 0.257 e. The van der Waals surface area contributed by atoms with Gasteiger partial charge in [0.05, 0.1) is 11.3 Å². The van der Waals surface area contributed by atoms with Gasteiger partial charge in [-0.3, -0.25) is 9.59 Å². The average molecular weight is 335 g/mol. The highest BCUT2D eigenvalue weighted by molar-refractivity contribution is 6.08. The Morgan fingerprint density at radius 3 is 2.76 bits per heavy atom. The normalized spacial score (nSPS) is 18.8. The van der Waals surface area contributed by atoms with E-state index in [9.17, 15) is 9.59 Å². The minimum atomic E-state index is -0.161. The van der Waals surface area contributed by atoms with Gasteiger partial charge in [-0.05, 0) is 50.1 Å². The molecule has 1 saturated heterocycles. The largest absolute Gasteiger partial charge is 0.351 e. The van der Waals surface area contributed by atoms with E-state index in [0.29, 0.717) is 11.1 Å². The van der Waals surface area contributed by atoms with Crippen LogP contribution < -0.4 is 10.2 Å². The standard InChI is InChI=1S/C20H21N3O2/c1-2-22-17-13-14(19(24)21-15-7-4-3-5-8-15)10-11-16(17)20(25)23-12-6-9-18(22)23/h3-5,7-8,10-11,13,18H,2,6,9,12H2,1H3,(H,21,24). The molecule has 5 heteroatoms. The van der Waals surface area contributed by atoms with Crippen molar-refractivity contribution >= 4 is 23.2 Å². The fourth-order valence-corrected chi connectivity index (χ4v) is 3.82. The zero-order valence-electron chi connectivity index (χ0n) is 14.2. The molecule has 0 aliphatic carbocycles. The van der Waals surface area contributed by atoms with Gasteiger partial charge in [0.1, 0.15) is 6.17 Å². The van der Waals surface area contributed by atoms with E-state index in [4.69, 9.17) is 0 Å². The maximum absolute atomic E-state index is 12.7. The number of fused-ring (bicyclic) bond motifs is 2. The Hall–Kier alpha value is -2.82. The first kappa shape index (κ1) is 15.7. The number of para-hydroxylation sites is 1. The van der Waals surface area contributed by atoms with Crippen LogP contribution in [0.3, 0.4) is 0 Å². The van der Waals surface area contributed by atoms with Gasteiger partial charge in [-0.25, -0.2) is 0 Å². The molecule has 1 atom stereocenters. The Morgan fingerprint density at radius 2 is 2.00 bits per heavy atom. The van der Waals surface area contributed by atoms with E-state index in [1.54, 1.807) is 12.1 Å². The number of carbonyl (C=O) groups excluding carboxylic acids is 2. The van der Waals surface area contributed by atoms with E-state index in [-0.39, 0.29) is 18.0 Å². The van der Waals surface area contributed by atoms with Crippen LogP contribution in [0.25, 0.3) is 0 Å². The van der Waals surface area contributed by atoms with Gasteiger partial charge < -0.3 is 15.1 Å². The summed E-state index contributed by atoms with van der Waals surface area (Å²) >= 11 is 0. The SMILES string of the molecule is CCN1c2cc(C(=O)Nc3ccccc3)ccc2C(=O)N2CCCC21. The molecule has 0 radical (unpaired) electrons. The smallest absolute Gasteiger partial charge is 0.257 e. The summed E-state index contributed by atoms with van der Waals surface area (Å²) < 4.78 is 0. The number of hydrogen-bond donors (Lipinski definition) is 1. The second-order valence-electron chi connectivity index (χ2n) is 6.46. The van der Waals surface area contributed by atoms with Gasteiger partial charge in [-0.2, -0.15) is 0 Å². The Bertz CT molecular complexity index is 819. The molecule has 1 N–H and O–H groups in total. The first-order chi connectivity index (χ1) is 12.2. The van der Waals surface area contributed by atoms with E-state index in [2.05, 4.69) is 17.1 Å². The zero-order valence-corrected chi connectivity index (χ0v) is 14.2. The van der Waals surface area contributed by atoms with Gasteiger partial charge in [-0.1, -0.05) is 18.2 Å². The Morgan fingerprint density at radius 1 is 1.20 bits per heavy atom. The van der Waals surface area contributed by atoms with E-state index in [1.165, 1.54) is 0 Å². The number of benzene rings is 2. The molecule has 0 aromatic heterocycles. The summed E-state index contributed by atoms with van der Waals surface area (Å²) in [5.41, 5.74) is 2.89. The van der Waals surface area contributed by atoms with Crippen LogP contribution in [0.1, 0.15) is 40.5 Å². The molecule has 0 spiro atoms. The summed E-state index contributed by atoms with van der Waals surface area (Å²) in [5, 5.41) is 2.90. The van der Waals surface area contributed by atoms with Crippen LogP contribution in [0, 0.1) is 0 Å². The second-order valence-corrected chi connectivity index (χ2v) is 6.46. The molecule has 5 nitrogen and oxygen atoms in total. The first-order valence-electron chi connectivity index (χ1n) is 8.77. The minimum Gasteiger partial charge on any atom is -0.351 e. The first-order valence-corrected chi connectivity index (χ1v) is 8.77. The Labute approximate surface area is 147 Å². The fourth-order valence-electron chi connectivity index (χ4n) is 3.82. The molecular weight excluding hydrogens is 314 g/mol. The highest BCUT2D eigenvalue weighted by Gasteiger charge is 2.39. The topological polar surface area (TPSA) is 52.7 Å². The molecule has 2 amide bonds. The molecule has 2 aromatic rings. The summed E-state index contributed by atoms with van der Waals surface area (Å²) in [5.74, 6) is -0.0800. The molecule has 2 aliphatic rings. The number of amides is 2. The number of anilines is 2. The zero-order chi connectivity index (χ0) is 17.4. The summed E-state index contributed by atoms with van der Waals surface area (Å²) in [4.78, 5) is 29.5. The number of hydrogen-bond acceptors (Lipinski definition) is 3. The lowest BCUT2D eigenvalue weighted by Gasteiger charge is -2.41. The molecule has 2 aromatic carbocycles. The third kappa shape index (κ3) is 2.65. The molecule has 0 saturated carbocycles. The van der Waals surface area contributed by atoms with E-state index >= 15 is 0 Å².